The minimum Gasteiger partial charge on any atom is -0.316 e. The molecule has 2 nitrogen and oxygen atoms in total. The second-order valence-electron chi connectivity index (χ2n) is 6.50. The first-order chi connectivity index (χ1) is 8.48. The standard InChI is InChI=1S/C15H24N2S/c1-10-5-12(11(2)18-10)8-17-9-13-6-16-7-14(13)15(17,3)4/h5,13-14,16H,6-9H2,1-4H3. The van der Waals surface area contributed by atoms with Crippen molar-refractivity contribution in [3.63, 3.8) is 0 Å². The third kappa shape index (κ3) is 1.93. The summed E-state index contributed by atoms with van der Waals surface area (Å²) in [4.78, 5) is 5.65. The largest absolute Gasteiger partial charge is 0.316 e. The van der Waals surface area contributed by atoms with Gasteiger partial charge in [0.15, 0.2) is 0 Å². The Balaban J connectivity index is 1.79. The number of thiophene rings is 1. The summed E-state index contributed by atoms with van der Waals surface area (Å²) in [6.07, 6.45) is 0. The van der Waals surface area contributed by atoms with Crippen molar-refractivity contribution in [3.8, 4) is 0 Å². The van der Waals surface area contributed by atoms with E-state index >= 15 is 0 Å². The molecule has 2 unspecified atom stereocenters. The van der Waals surface area contributed by atoms with E-state index in [0.29, 0.717) is 5.54 Å². The Labute approximate surface area is 114 Å². The van der Waals surface area contributed by atoms with Crippen LogP contribution in [-0.2, 0) is 6.54 Å². The number of rotatable bonds is 2. The van der Waals surface area contributed by atoms with Crippen LogP contribution in [-0.4, -0.2) is 30.1 Å². The molecule has 100 valence electrons. The van der Waals surface area contributed by atoms with Crippen molar-refractivity contribution in [3.05, 3.63) is 21.4 Å². The minimum absolute atomic E-state index is 0.344. The molecule has 0 aromatic carbocycles. The summed E-state index contributed by atoms with van der Waals surface area (Å²) in [6.45, 7) is 14.2. The van der Waals surface area contributed by atoms with Gasteiger partial charge in [0.25, 0.3) is 0 Å². The van der Waals surface area contributed by atoms with Gasteiger partial charge < -0.3 is 5.32 Å². The Morgan fingerprint density at radius 3 is 2.78 bits per heavy atom. The summed E-state index contributed by atoms with van der Waals surface area (Å²) >= 11 is 1.94. The van der Waals surface area contributed by atoms with E-state index in [0.717, 1.165) is 18.4 Å². The molecule has 0 aliphatic carbocycles. The van der Waals surface area contributed by atoms with E-state index in [2.05, 4.69) is 44.0 Å². The summed E-state index contributed by atoms with van der Waals surface area (Å²) in [5, 5.41) is 3.56. The highest BCUT2D eigenvalue weighted by molar-refractivity contribution is 7.12. The average molecular weight is 264 g/mol. The van der Waals surface area contributed by atoms with Crippen molar-refractivity contribution in [1.82, 2.24) is 10.2 Å². The maximum Gasteiger partial charge on any atom is 0.0250 e. The number of nitrogens with zero attached hydrogens (tertiary/aromatic N) is 1. The Kier molecular flexibility index (Phi) is 3.04. The molecule has 1 aromatic rings. The molecule has 0 bridgehead atoms. The zero-order valence-electron chi connectivity index (χ0n) is 11.9. The van der Waals surface area contributed by atoms with Crippen molar-refractivity contribution < 1.29 is 0 Å². The Morgan fingerprint density at radius 2 is 2.17 bits per heavy atom. The van der Waals surface area contributed by atoms with Crippen LogP contribution >= 0.6 is 11.3 Å². The Morgan fingerprint density at radius 1 is 1.39 bits per heavy atom. The molecule has 2 aliphatic rings. The molecule has 3 heterocycles. The first-order valence-corrected chi connectivity index (χ1v) is 7.82. The maximum atomic E-state index is 3.56. The quantitative estimate of drug-likeness (QED) is 0.883. The monoisotopic (exact) mass is 264 g/mol. The molecule has 3 rings (SSSR count). The molecule has 1 N–H and O–H groups in total. The molecule has 18 heavy (non-hydrogen) atoms. The first-order valence-electron chi connectivity index (χ1n) is 7.00. The van der Waals surface area contributed by atoms with Crippen molar-refractivity contribution in [2.75, 3.05) is 19.6 Å². The summed E-state index contributed by atoms with van der Waals surface area (Å²) in [6, 6.07) is 2.38. The van der Waals surface area contributed by atoms with Gasteiger partial charge in [-0.3, -0.25) is 4.90 Å². The molecule has 1 aromatic heterocycles. The lowest BCUT2D eigenvalue weighted by Gasteiger charge is -2.35. The molecule has 2 atom stereocenters. The number of nitrogens with one attached hydrogen (secondary N) is 1. The van der Waals surface area contributed by atoms with Crippen LogP contribution in [0.4, 0.5) is 0 Å². The summed E-state index contributed by atoms with van der Waals surface area (Å²) in [5.41, 5.74) is 1.88. The smallest absolute Gasteiger partial charge is 0.0250 e. The number of hydrogen-bond acceptors (Lipinski definition) is 3. The van der Waals surface area contributed by atoms with Gasteiger partial charge in [0.05, 0.1) is 0 Å². The molecular weight excluding hydrogens is 240 g/mol. The van der Waals surface area contributed by atoms with Gasteiger partial charge in [0.2, 0.25) is 0 Å². The van der Waals surface area contributed by atoms with Crippen LogP contribution in [0, 0.1) is 25.7 Å². The van der Waals surface area contributed by atoms with Gasteiger partial charge in [-0.15, -0.1) is 11.3 Å². The van der Waals surface area contributed by atoms with Crippen LogP contribution in [0.2, 0.25) is 0 Å². The first kappa shape index (κ1) is 12.6. The van der Waals surface area contributed by atoms with E-state index in [1.54, 1.807) is 5.56 Å². The lowest BCUT2D eigenvalue weighted by molar-refractivity contribution is 0.132. The maximum absolute atomic E-state index is 3.56. The number of likely N-dealkylation sites (tertiary alicyclic amines) is 1. The number of fused-ring (bicyclic) bond motifs is 1. The number of hydrogen-bond donors (Lipinski definition) is 1. The van der Waals surface area contributed by atoms with Crippen molar-refractivity contribution in [1.29, 1.82) is 0 Å². The van der Waals surface area contributed by atoms with Crippen LogP contribution in [0.15, 0.2) is 6.07 Å². The average Bonchev–Trinajstić information content (AvgIpc) is 2.90. The van der Waals surface area contributed by atoms with Crippen LogP contribution in [0.1, 0.15) is 29.2 Å². The van der Waals surface area contributed by atoms with E-state index in [1.165, 1.54) is 29.4 Å². The van der Waals surface area contributed by atoms with E-state index in [4.69, 9.17) is 0 Å². The fourth-order valence-electron chi connectivity index (χ4n) is 3.82. The SMILES string of the molecule is Cc1cc(CN2CC3CNCC3C2(C)C)c(C)s1. The van der Waals surface area contributed by atoms with Gasteiger partial charge in [-0.05, 0) is 57.7 Å². The normalized spacial score (nSPS) is 30.9. The fourth-order valence-corrected chi connectivity index (χ4v) is 4.76. The molecule has 0 spiro atoms. The molecule has 2 saturated heterocycles. The summed E-state index contributed by atoms with van der Waals surface area (Å²) < 4.78 is 0. The predicted molar refractivity (Wildman–Crippen MR) is 78.1 cm³/mol. The molecule has 0 amide bonds. The predicted octanol–water partition coefficient (Wildman–Crippen LogP) is 2.79. The third-order valence-corrected chi connectivity index (χ3v) is 6.03. The highest BCUT2D eigenvalue weighted by atomic mass is 32.1. The van der Waals surface area contributed by atoms with Crippen LogP contribution < -0.4 is 5.32 Å². The van der Waals surface area contributed by atoms with E-state index < -0.39 is 0 Å². The van der Waals surface area contributed by atoms with Gasteiger partial charge in [0.1, 0.15) is 0 Å². The second kappa shape index (κ2) is 4.32. The summed E-state index contributed by atoms with van der Waals surface area (Å²) in [7, 11) is 0. The third-order valence-electron chi connectivity index (χ3n) is 5.02. The molecule has 0 radical (unpaired) electrons. The van der Waals surface area contributed by atoms with Gasteiger partial charge in [-0.2, -0.15) is 0 Å². The highest BCUT2D eigenvalue weighted by Gasteiger charge is 2.49. The van der Waals surface area contributed by atoms with Crippen LogP contribution in [0.3, 0.4) is 0 Å². The lowest BCUT2D eigenvalue weighted by atomic mass is 9.85. The Bertz CT molecular complexity index is 449. The topological polar surface area (TPSA) is 15.3 Å². The fraction of sp³-hybridized carbons (Fsp3) is 0.733. The molecule has 0 saturated carbocycles. The molecular formula is C15H24N2S. The van der Waals surface area contributed by atoms with Crippen molar-refractivity contribution >= 4 is 11.3 Å². The second-order valence-corrected chi connectivity index (χ2v) is 7.96. The zero-order chi connectivity index (χ0) is 12.9. The minimum atomic E-state index is 0.344. The molecule has 2 aliphatic heterocycles. The van der Waals surface area contributed by atoms with Crippen molar-refractivity contribution in [2.45, 2.75) is 39.8 Å². The van der Waals surface area contributed by atoms with Gasteiger partial charge >= 0.3 is 0 Å². The van der Waals surface area contributed by atoms with E-state index in [-0.39, 0.29) is 0 Å². The van der Waals surface area contributed by atoms with E-state index in [9.17, 15) is 0 Å². The van der Waals surface area contributed by atoms with Gasteiger partial charge in [0, 0.05) is 34.9 Å². The summed E-state index contributed by atoms with van der Waals surface area (Å²) in [5.74, 6) is 1.69. The number of aryl methyl sites for hydroxylation is 2. The zero-order valence-corrected chi connectivity index (χ0v) is 12.7. The lowest BCUT2D eigenvalue weighted by Crippen LogP contribution is -2.43. The van der Waals surface area contributed by atoms with Crippen LogP contribution in [0.25, 0.3) is 0 Å². The highest BCUT2D eigenvalue weighted by Crippen LogP contribution is 2.41. The molecule has 3 heteroatoms. The van der Waals surface area contributed by atoms with Crippen molar-refractivity contribution in [2.24, 2.45) is 11.8 Å². The van der Waals surface area contributed by atoms with Gasteiger partial charge in [-0.1, -0.05) is 0 Å². The van der Waals surface area contributed by atoms with E-state index in [1.807, 2.05) is 11.3 Å². The Hall–Kier alpha value is -0.380. The van der Waals surface area contributed by atoms with Gasteiger partial charge in [-0.25, -0.2) is 0 Å². The molecule has 2 fully saturated rings. The van der Waals surface area contributed by atoms with Crippen LogP contribution in [0.5, 0.6) is 0 Å².